The minimum absolute atomic E-state index is 0.00727. The molecule has 3 nitrogen and oxygen atoms in total. The summed E-state index contributed by atoms with van der Waals surface area (Å²) in [5, 5.41) is 9.94. The van der Waals surface area contributed by atoms with Gasteiger partial charge in [-0.05, 0) is 37.0 Å². The van der Waals surface area contributed by atoms with Crippen molar-refractivity contribution in [1.29, 1.82) is 0 Å². The van der Waals surface area contributed by atoms with Gasteiger partial charge in [-0.25, -0.2) is 4.39 Å². The average Bonchev–Trinajstić information content (AvgIpc) is 2.62. The van der Waals surface area contributed by atoms with Crippen LogP contribution in [-0.2, 0) is 23.1 Å². The molecule has 7 heteroatoms. The minimum atomic E-state index is -4.53. The van der Waals surface area contributed by atoms with Crippen LogP contribution in [0.15, 0.2) is 42.6 Å². The summed E-state index contributed by atoms with van der Waals surface area (Å²) in [7, 11) is 0. The third-order valence-electron chi connectivity index (χ3n) is 4.73. The maximum absolute atomic E-state index is 15.4. The number of rotatable bonds is 4. The molecule has 0 bridgehead atoms. The molecule has 138 valence electrons. The van der Waals surface area contributed by atoms with Crippen LogP contribution in [0.25, 0.3) is 0 Å². The van der Waals surface area contributed by atoms with Gasteiger partial charge in [-0.3, -0.25) is 9.78 Å². The van der Waals surface area contributed by atoms with E-state index in [1.54, 1.807) is 0 Å². The van der Waals surface area contributed by atoms with Crippen molar-refractivity contribution in [3.63, 3.8) is 0 Å². The predicted molar refractivity (Wildman–Crippen MR) is 86.0 cm³/mol. The molecule has 1 aliphatic carbocycles. The number of pyridine rings is 1. The third-order valence-corrected chi connectivity index (χ3v) is 4.73. The molecule has 1 N–H and O–H groups in total. The van der Waals surface area contributed by atoms with Crippen LogP contribution in [0.4, 0.5) is 17.6 Å². The van der Waals surface area contributed by atoms with Crippen LogP contribution >= 0.6 is 0 Å². The molecule has 0 unspecified atom stereocenters. The first-order chi connectivity index (χ1) is 12.2. The number of alkyl halides is 4. The van der Waals surface area contributed by atoms with Crippen molar-refractivity contribution < 1.29 is 27.5 Å². The second-order valence-electron chi connectivity index (χ2n) is 6.37. The molecule has 2 aromatic rings. The number of aliphatic hydroxyl groups excluding tert-OH is 1. The number of aliphatic hydroxyl groups is 1. The van der Waals surface area contributed by atoms with E-state index in [2.05, 4.69) is 4.98 Å². The van der Waals surface area contributed by atoms with Gasteiger partial charge in [-0.1, -0.05) is 24.3 Å². The molecule has 1 aromatic carbocycles. The van der Waals surface area contributed by atoms with Crippen molar-refractivity contribution in [2.75, 3.05) is 0 Å². The number of halogens is 4. The van der Waals surface area contributed by atoms with Crippen molar-refractivity contribution in [1.82, 2.24) is 4.98 Å². The van der Waals surface area contributed by atoms with Crippen LogP contribution in [0.5, 0.6) is 0 Å². The summed E-state index contributed by atoms with van der Waals surface area (Å²) in [4.78, 5) is 16.5. The maximum atomic E-state index is 15.4. The smallest absolute Gasteiger partial charge is 0.387 e. The van der Waals surface area contributed by atoms with Crippen LogP contribution in [0.1, 0.15) is 47.8 Å². The van der Waals surface area contributed by atoms with Gasteiger partial charge in [0.15, 0.2) is 11.5 Å². The minimum Gasteiger partial charge on any atom is -0.387 e. The molecule has 1 heterocycles. The predicted octanol–water partition coefficient (Wildman–Crippen LogP) is 4.29. The zero-order valence-corrected chi connectivity index (χ0v) is 13.8. The molecule has 1 aromatic heterocycles. The summed E-state index contributed by atoms with van der Waals surface area (Å²) in [6.45, 7) is 0. The average molecular weight is 367 g/mol. The lowest BCUT2D eigenvalue weighted by molar-refractivity contribution is -0.139. The first-order valence-corrected chi connectivity index (χ1v) is 8.24. The molecule has 0 spiro atoms. The third kappa shape index (κ3) is 3.35. The van der Waals surface area contributed by atoms with E-state index in [0.717, 1.165) is 6.07 Å². The highest BCUT2D eigenvalue weighted by atomic mass is 19.4. The van der Waals surface area contributed by atoms with Gasteiger partial charge in [0.2, 0.25) is 0 Å². The number of hydrogen-bond donors (Lipinski definition) is 1. The van der Waals surface area contributed by atoms with Gasteiger partial charge in [-0.15, -0.1) is 0 Å². The summed E-state index contributed by atoms with van der Waals surface area (Å²) in [6.07, 6.45) is -4.84. The number of benzene rings is 1. The normalized spacial score (nSPS) is 22.7. The first-order valence-electron chi connectivity index (χ1n) is 8.24. The van der Waals surface area contributed by atoms with Crippen LogP contribution in [0.3, 0.4) is 0 Å². The Bertz CT molecular complexity index is 821. The number of carbonyl (C=O) groups excluding carboxylic acids is 1. The molecule has 0 radical (unpaired) electrons. The zero-order chi connectivity index (χ0) is 18.9. The Hall–Kier alpha value is -2.28. The topological polar surface area (TPSA) is 50.2 Å². The van der Waals surface area contributed by atoms with Crippen molar-refractivity contribution in [2.24, 2.45) is 0 Å². The number of hydrogen-bond acceptors (Lipinski definition) is 3. The Morgan fingerprint density at radius 2 is 1.96 bits per heavy atom. The Morgan fingerprint density at radius 3 is 2.69 bits per heavy atom. The van der Waals surface area contributed by atoms with Crippen LogP contribution in [0.2, 0.25) is 0 Å². The Labute approximate surface area is 147 Å². The Kier molecular flexibility index (Phi) is 4.84. The van der Waals surface area contributed by atoms with Gasteiger partial charge in [-0.2, -0.15) is 13.2 Å². The fourth-order valence-corrected chi connectivity index (χ4v) is 3.38. The second kappa shape index (κ2) is 6.79. The summed E-state index contributed by atoms with van der Waals surface area (Å²) in [5.41, 5.74) is -3.07. The van der Waals surface area contributed by atoms with E-state index in [1.807, 2.05) is 0 Å². The number of aromatic nitrogens is 1. The standard InChI is InChI=1S/C19H17F4NO2/c20-18(10-9-15(25)17-14(18)6-3-11-24-17)16(26)8-7-12-4-1-2-5-13(12)19(21,22)23/h1-6,11,15,25H,7-10H2/t15-,18-/m0/s1. The fourth-order valence-electron chi connectivity index (χ4n) is 3.38. The molecule has 0 amide bonds. The number of nitrogens with zero attached hydrogens (tertiary/aromatic N) is 1. The van der Waals surface area contributed by atoms with Crippen LogP contribution < -0.4 is 0 Å². The summed E-state index contributed by atoms with van der Waals surface area (Å²) < 4.78 is 54.6. The van der Waals surface area contributed by atoms with E-state index in [-0.39, 0.29) is 42.5 Å². The highest BCUT2D eigenvalue weighted by Crippen LogP contribution is 2.43. The van der Waals surface area contributed by atoms with Crippen molar-refractivity contribution in [3.05, 3.63) is 65.0 Å². The first kappa shape index (κ1) is 18.5. The van der Waals surface area contributed by atoms with Gasteiger partial charge < -0.3 is 5.11 Å². The van der Waals surface area contributed by atoms with Crippen LogP contribution in [0, 0.1) is 0 Å². The largest absolute Gasteiger partial charge is 0.416 e. The summed E-state index contributed by atoms with van der Waals surface area (Å²) in [6, 6.07) is 7.83. The summed E-state index contributed by atoms with van der Waals surface area (Å²) >= 11 is 0. The molecular weight excluding hydrogens is 350 g/mol. The molecule has 0 saturated carbocycles. The quantitative estimate of drug-likeness (QED) is 0.820. The van der Waals surface area contributed by atoms with Gasteiger partial charge in [0.05, 0.1) is 17.4 Å². The fraction of sp³-hybridized carbons (Fsp3) is 0.368. The molecule has 1 aliphatic rings. The van der Waals surface area contributed by atoms with Gasteiger partial charge in [0, 0.05) is 18.2 Å². The summed E-state index contributed by atoms with van der Waals surface area (Å²) in [5.74, 6) is -0.796. The Morgan fingerprint density at radius 1 is 1.23 bits per heavy atom. The maximum Gasteiger partial charge on any atom is 0.416 e. The zero-order valence-electron chi connectivity index (χ0n) is 13.8. The SMILES string of the molecule is O=C(CCc1ccccc1C(F)(F)F)[C@]1(F)CC[C@H](O)c2ncccc21. The molecular formula is C19H17F4NO2. The molecule has 2 atom stereocenters. The van der Waals surface area contributed by atoms with Gasteiger partial charge >= 0.3 is 6.18 Å². The van der Waals surface area contributed by atoms with E-state index in [1.165, 1.54) is 36.5 Å². The number of carbonyl (C=O) groups is 1. The Balaban J connectivity index is 1.83. The number of Topliss-reactive ketones (excluding diaryl/α,β-unsaturated/α-hetero) is 1. The van der Waals surface area contributed by atoms with E-state index in [4.69, 9.17) is 0 Å². The van der Waals surface area contributed by atoms with E-state index in [9.17, 15) is 23.1 Å². The lowest BCUT2D eigenvalue weighted by atomic mass is 9.77. The van der Waals surface area contributed by atoms with Crippen molar-refractivity contribution in [2.45, 2.75) is 43.6 Å². The van der Waals surface area contributed by atoms with E-state index >= 15 is 4.39 Å². The number of aryl methyl sites for hydroxylation is 1. The number of fused-ring (bicyclic) bond motifs is 1. The molecule has 0 fully saturated rings. The second-order valence-corrected chi connectivity index (χ2v) is 6.37. The lowest BCUT2D eigenvalue weighted by Gasteiger charge is -2.32. The lowest BCUT2D eigenvalue weighted by Crippen LogP contribution is -2.37. The van der Waals surface area contributed by atoms with Crippen LogP contribution in [-0.4, -0.2) is 15.9 Å². The van der Waals surface area contributed by atoms with Gasteiger partial charge in [0.25, 0.3) is 0 Å². The van der Waals surface area contributed by atoms with E-state index < -0.39 is 29.3 Å². The monoisotopic (exact) mass is 367 g/mol. The van der Waals surface area contributed by atoms with Crippen molar-refractivity contribution in [3.8, 4) is 0 Å². The van der Waals surface area contributed by atoms with Crippen molar-refractivity contribution >= 4 is 5.78 Å². The molecule has 0 aliphatic heterocycles. The molecule has 0 saturated heterocycles. The molecule has 26 heavy (non-hydrogen) atoms. The van der Waals surface area contributed by atoms with E-state index in [0.29, 0.717) is 0 Å². The number of ketones is 1. The molecule has 3 rings (SSSR count). The highest BCUT2D eigenvalue weighted by Gasteiger charge is 2.46. The van der Waals surface area contributed by atoms with Gasteiger partial charge in [0.1, 0.15) is 0 Å². The highest BCUT2D eigenvalue weighted by molar-refractivity contribution is 5.89.